The van der Waals surface area contributed by atoms with Crippen LogP contribution in [-0.2, 0) is 11.4 Å². The van der Waals surface area contributed by atoms with E-state index < -0.39 is 6.04 Å². The number of rotatable bonds is 10. The van der Waals surface area contributed by atoms with Gasteiger partial charge in [-0.1, -0.05) is 90.2 Å². The number of benzene rings is 3. The van der Waals surface area contributed by atoms with E-state index in [0.29, 0.717) is 17.0 Å². The molecule has 0 unspecified atom stereocenters. The van der Waals surface area contributed by atoms with E-state index in [2.05, 4.69) is 16.4 Å². The predicted octanol–water partition coefficient (Wildman–Crippen LogP) is 6.15. The third kappa shape index (κ3) is 5.84. The van der Waals surface area contributed by atoms with E-state index in [9.17, 15) is 9.59 Å². The zero-order valence-electron chi connectivity index (χ0n) is 22.3. The largest absolute Gasteiger partial charge is 0.487 e. The van der Waals surface area contributed by atoms with Crippen LogP contribution in [0.15, 0.2) is 133 Å². The SMILES string of the molecule is O=C(/C=C/C1=CC=CC1)c1ccc(OCc2cn([C@@H]3C(=O)N(c4ccccc4)[C@@H]3/C=C/c3ccccc3)nn2)cc1. The second-order valence-corrected chi connectivity index (χ2v) is 9.82. The summed E-state index contributed by atoms with van der Waals surface area (Å²) < 4.78 is 7.51. The lowest BCUT2D eigenvalue weighted by Crippen LogP contribution is -2.61. The number of β-lactam (4-membered cyclic amide) rings is 1. The number of amides is 1. The molecule has 0 saturated carbocycles. The first-order valence-electron chi connectivity index (χ1n) is 13.5. The second kappa shape index (κ2) is 11.8. The molecule has 1 fully saturated rings. The Labute approximate surface area is 238 Å². The fourth-order valence-electron chi connectivity index (χ4n) is 4.87. The number of carbonyl (C=O) groups is 2. The van der Waals surface area contributed by atoms with Gasteiger partial charge >= 0.3 is 0 Å². The fourth-order valence-corrected chi connectivity index (χ4v) is 4.87. The molecule has 0 bridgehead atoms. The number of carbonyl (C=O) groups excluding carboxylic acids is 2. The lowest BCUT2D eigenvalue weighted by Gasteiger charge is -2.45. The molecule has 202 valence electrons. The molecule has 41 heavy (non-hydrogen) atoms. The molecule has 7 nitrogen and oxygen atoms in total. The smallest absolute Gasteiger partial charge is 0.255 e. The second-order valence-electron chi connectivity index (χ2n) is 9.82. The average molecular weight is 541 g/mol. The summed E-state index contributed by atoms with van der Waals surface area (Å²) in [5.41, 5.74) is 4.19. The predicted molar refractivity (Wildman–Crippen MR) is 158 cm³/mol. The van der Waals surface area contributed by atoms with Crippen LogP contribution in [0.1, 0.15) is 34.1 Å². The monoisotopic (exact) mass is 540 g/mol. The van der Waals surface area contributed by atoms with Crippen LogP contribution in [0.25, 0.3) is 6.08 Å². The summed E-state index contributed by atoms with van der Waals surface area (Å²) in [7, 11) is 0. The molecule has 1 aromatic heterocycles. The highest BCUT2D eigenvalue weighted by Gasteiger charge is 2.48. The molecule has 0 N–H and O–H groups in total. The van der Waals surface area contributed by atoms with Gasteiger partial charge < -0.3 is 9.64 Å². The van der Waals surface area contributed by atoms with Gasteiger partial charge in [0, 0.05) is 11.3 Å². The quantitative estimate of drug-likeness (QED) is 0.137. The normalized spacial score (nSPS) is 18.2. The molecule has 2 aliphatic rings. The van der Waals surface area contributed by atoms with Crippen molar-refractivity contribution < 1.29 is 14.3 Å². The van der Waals surface area contributed by atoms with Crippen molar-refractivity contribution in [1.82, 2.24) is 15.0 Å². The van der Waals surface area contributed by atoms with Crippen LogP contribution < -0.4 is 9.64 Å². The number of ketones is 1. The van der Waals surface area contributed by atoms with E-state index in [4.69, 9.17) is 4.74 Å². The summed E-state index contributed by atoms with van der Waals surface area (Å²) >= 11 is 0. The van der Waals surface area contributed by atoms with E-state index in [1.807, 2.05) is 91.0 Å². The molecule has 0 spiro atoms. The minimum Gasteiger partial charge on any atom is -0.487 e. The van der Waals surface area contributed by atoms with E-state index >= 15 is 0 Å². The first-order valence-corrected chi connectivity index (χ1v) is 13.5. The molecule has 1 aliphatic heterocycles. The summed E-state index contributed by atoms with van der Waals surface area (Å²) in [5.74, 6) is 0.505. The van der Waals surface area contributed by atoms with Crippen molar-refractivity contribution in [3.05, 3.63) is 150 Å². The Morgan fingerprint density at radius 1 is 0.951 bits per heavy atom. The van der Waals surface area contributed by atoms with Gasteiger partial charge in [-0.05, 0) is 60.0 Å². The van der Waals surface area contributed by atoms with Gasteiger partial charge in [0.05, 0.1) is 12.2 Å². The zero-order chi connectivity index (χ0) is 28.0. The minimum atomic E-state index is -0.509. The van der Waals surface area contributed by atoms with Crippen molar-refractivity contribution in [3.8, 4) is 5.75 Å². The molecule has 1 amide bonds. The van der Waals surface area contributed by atoms with Crippen LogP contribution in [0.5, 0.6) is 5.75 Å². The first-order chi connectivity index (χ1) is 20.2. The Bertz CT molecular complexity index is 1650. The number of nitrogens with zero attached hydrogens (tertiary/aromatic N) is 4. The van der Waals surface area contributed by atoms with Gasteiger partial charge in [0.25, 0.3) is 5.91 Å². The summed E-state index contributed by atoms with van der Waals surface area (Å²) in [6.45, 7) is 0.183. The highest BCUT2D eigenvalue weighted by atomic mass is 16.5. The molecule has 7 heteroatoms. The van der Waals surface area contributed by atoms with Gasteiger partial charge in [0.15, 0.2) is 11.8 Å². The Morgan fingerprint density at radius 2 is 1.71 bits per heavy atom. The first kappa shape index (κ1) is 26.0. The number of hydrogen-bond donors (Lipinski definition) is 0. The van der Waals surface area contributed by atoms with Crippen molar-refractivity contribution in [2.24, 2.45) is 0 Å². The average Bonchev–Trinajstić information content (AvgIpc) is 3.71. The fraction of sp³-hybridized carbons (Fsp3) is 0.118. The lowest BCUT2D eigenvalue weighted by molar-refractivity contribution is -0.128. The number of para-hydroxylation sites is 1. The van der Waals surface area contributed by atoms with Crippen molar-refractivity contribution in [2.75, 3.05) is 4.90 Å². The van der Waals surface area contributed by atoms with Crippen molar-refractivity contribution in [2.45, 2.75) is 25.1 Å². The van der Waals surface area contributed by atoms with E-state index in [1.54, 1.807) is 46.1 Å². The highest BCUT2D eigenvalue weighted by molar-refractivity contribution is 6.05. The Balaban J connectivity index is 1.11. The van der Waals surface area contributed by atoms with Crippen LogP contribution in [-0.4, -0.2) is 32.7 Å². The maximum atomic E-state index is 13.3. The molecular weight excluding hydrogens is 512 g/mol. The Hall–Kier alpha value is -5.30. The van der Waals surface area contributed by atoms with Crippen molar-refractivity contribution in [1.29, 1.82) is 0 Å². The van der Waals surface area contributed by atoms with Crippen LogP contribution in [0.3, 0.4) is 0 Å². The Kier molecular flexibility index (Phi) is 7.49. The van der Waals surface area contributed by atoms with E-state index in [1.165, 1.54) is 0 Å². The third-order valence-corrected chi connectivity index (χ3v) is 7.05. The Morgan fingerprint density at radius 3 is 2.44 bits per heavy atom. The molecular formula is C34H28N4O3. The minimum absolute atomic E-state index is 0.0499. The molecule has 1 saturated heterocycles. The van der Waals surface area contributed by atoms with Gasteiger partial charge in [0.2, 0.25) is 0 Å². The molecule has 6 rings (SSSR count). The van der Waals surface area contributed by atoms with Crippen molar-refractivity contribution in [3.63, 3.8) is 0 Å². The number of allylic oxidation sites excluding steroid dienone is 6. The van der Waals surface area contributed by atoms with E-state index in [0.717, 1.165) is 23.2 Å². The van der Waals surface area contributed by atoms with Crippen molar-refractivity contribution >= 4 is 23.5 Å². The van der Waals surface area contributed by atoms with Gasteiger partial charge in [0.1, 0.15) is 18.1 Å². The van der Waals surface area contributed by atoms with Gasteiger partial charge in [-0.3, -0.25) is 9.59 Å². The summed E-state index contributed by atoms with van der Waals surface area (Å²) in [5, 5.41) is 8.52. The topological polar surface area (TPSA) is 77.3 Å². The van der Waals surface area contributed by atoms with Gasteiger partial charge in [-0.25, -0.2) is 4.68 Å². The molecule has 2 heterocycles. The van der Waals surface area contributed by atoms with Gasteiger partial charge in [-0.2, -0.15) is 0 Å². The number of hydrogen-bond acceptors (Lipinski definition) is 5. The molecule has 2 atom stereocenters. The molecule has 1 aliphatic carbocycles. The maximum absolute atomic E-state index is 13.3. The summed E-state index contributed by atoms with van der Waals surface area (Å²) in [4.78, 5) is 27.5. The van der Waals surface area contributed by atoms with Gasteiger partial charge in [-0.15, -0.1) is 5.10 Å². The maximum Gasteiger partial charge on any atom is 0.255 e. The number of anilines is 1. The summed E-state index contributed by atoms with van der Waals surface area (Å²) in [6, 6.07) is 25.9. The zero-order valence-corrected chi connectivity index (χ0v) is 22.3. The molecule has 4 aromatic rings. The number of ether oxygens (including phenoxy) is 1. The highest BCUT2D eigenvalue weighted by Crippen LogP contribution is 2.36. The van der Waals surface area contributed by atoms with E-state index in [-0.39, 0.29) is 24.3 Å². The number of aromatic nitrogens is 3. The van der Waals surface area contributed by atoms with Crippen LogP contribution >= 0.6 is 0 Å². The third-order valence-electron chi connectivity index (χ3n) is 7.05. The van der Waals surface area contributed by atoms with Crippen LogP contribution in [0, 0.1) is 0 Å². The molecule has 0 radical (unpaired) electrons. The summed E-state index contributed by atoms with van der Waals surface area (Å²) in [6.07, 6.45) is 16.1. The van der Waals surface area contributed by atoms with Crippen LogP contribution in [0.4, 0.5) is 5.69 Å². The lowest BCUT2D eigenvalue weighted by atomic mass is 9.92. The standard InChI is InChI=1S/C34H28N4O3/c39-32(22-16-26-11-7-8-12-26)27-17-19-30(20-18-27)41-24-28-23-37(36-35-28)33-31(21-15-25-9-3-1-4-10-25)38(34(33)40)29-13-5-2-6-14-29/h1-11,13-23,31,33H,12,24H2/b21-15+,22-16+/t31-,33+/m1/s1. The molecule has 3 aromatic carbocycles. The van der Waals surface area contributed by atoms with Crippen LogP contribution in [0.2, 0.25) is 0 Å².